The fourth-order valence-corrected chi connectivity index (χ4v) is 2.26. The summed E-state index contributed by atoms with van der Waals surface area (Å²) in [6.45, 7) is 1.65. The number of nitrogens with one attached hydrogen (secondary N) is 1. The zero-order valence-corrected chi connectivity index (χ0v) is 13.4. The number of rotatable bonds is 5. The fraction of sp³-hybridized carbons (Fsp3) is 0.375. The van der Waals surface area contributed by atoms with Gasteiger partial charge in [0.25, 0.3) is 0 Å². The Labute approximate surface area is 144 Å². The summed E-state index contributed by atoms with van der Waals surface area (Å²) in [6.07, 6.45) is -9.22. The summed E-state index contributed by atoms with van der Waals surface area (Å²) >= 11 is 0. The minimum atomic E-state index is -4.65. The van der Waals surface area contributed by atoms with Crippen LogP contribution in [-0.4, -0.2) is 21.1 Å². The molecular formula is C16H15F6N3O. The van der Waals surface area contributed by atoms with Gasteiger partial charge in [-0.1, -0.05) is 19.1 Å². The van der Waals surface area contributed by atoms with Gasteiger partial charge in [-0.15, -0.1) is 0 Å². The van der Waals surface area contributed by atoms with Gasteiger partial charge < -0.3 is 10.4 Å². The normalized spacial score (nSPS) is 14.8. The van der Waals surface area contributed by atoms with Crippen molar-refractivity contribution in [3.05, 3.63) is 53.3 Å². The second kappa shape index (κ2) is 7.48. The predicted molar refractivity (Wildman–Crippen MR) is 81.1 cm³/mol. The van der Waals surface area contributed by atoms with Crippen LogP contribution in [0.5, 0.6) is 0 Å². The molecule has 0 aliphatic carbocycles. The number of aliphatic hydroxyl groups is 1. The Morgan fingerprint density at radius 1 is 1.00 bits per heavy atom. The molecule has 10 heteroatoms. The molecule has 2 atom stereocenters. The van der Waals surface area contributed by atoms with Gasteiger partial charge in [-0.25, -0.2) is 9.97 Å². The van der Waals surface area contributed by atoms with Crippen molar-refractivity contribution in [1.82, 2.24) is 9.97 Å². The van der Waals surface area contributed by atoms with Crippen molar-refractivity contribution in [1.29, 1.82) is 0 Å². The Morgan fingerprint density at radius 3 is 2.12 bits per heavy atom. The van der Waals surface area contributed by atoms with Gasteiger partial charge in [0, 0.05) is 6.20 Å². The summed E-state index contributed by atoms with van der Waals surface area (Å²) in [5, 5.41) is 12.9. The first-order valence-electron chi connectivity index (χ1n) is 7.54. The smallest absolute Gasteiger partial charge is 0.386 e. The highest BCUT2D eigenvalue weighted by molar-refractivity contribution is 5.32. The van der Waals surface area contributed by atoms with Crippen LogP contribution in [0.1, 0.15) is 36.3 Å². The summed E-state index contributed by atoms with van der Waals surface area (Å²) in [5.41, 5.74) is -1.83. The molecule has 2 rings (SSSR count). The number of hydrogen-bond donors (Lipinski definition) is 2. The van der Waals surface area contributed by atoms with Crippen molar-refractivity contribution in [2.45, 2.75) is 37.8 Å². The molecule has 2 aromatic rings. The van der Waals surface area contributed by atoms with Gasteiger partial charge in [0.2, 0.25) is 5.95 Å². The molecule has 1 aromatic heterocycles. The van der Waals surface area contributed by atoms with E-state index in [1.54, 1.807) is 6.92 Å². The summed E-state index contributed by atoms with van der Waals surface area (Å²) in [7, 11) is 0. The van der Waals surface area contributed by atoms with Crippen LogP contribution in [0.2, 0.25) is 0 Å². The second-order valence-electron chi connectivity index (χ2n) is 5.49. The zero-order valence-electron chi connectivity index (χ0n) is 13.4. The molecule has 0 aliphatic heterocycles. The monoisotopic (exact) mass is 379 g/mol. The number of anilines is 1. The third-order valence-electron chi connectivity index (χ3n) is 3.66. The van der Waals surface area contributed by atoms with E-state index in [-0.39, 0.29) is 17.9 Å². The van der Waals surface area contributed by atoms with Gasteiger partial charge in [0.15, 0.2) is 0 Å². The lowest BCUT2D eigenvalue weighted by molar-refractivity contribution is -0.141. The van der Waals surface area contributed by atoms with Crippen molar-refractivity contribution in [3.63, 3.8) is 0 Å². The largest absolute Gasteiger partial charge is 0.433 e. The van der Waals surface area contributed by atoms with Gasteiger partial charge in [-0.05, 0) is 30.2 Å². The lowest BCUT2D eigenvalue weighted by Crippen LogP contribution is -2.28. The average Bonchev–Trinajstić information content (AvgIpc) is 2.58. The number of hydrogen-bond acceptors (Lipinski definition) is 4. The minimum Gasteiger partial charge on any atom is -0.386 e. The van der Waals surface area contributed by atoms with Gasteiger partial charge in [-0.3, -0.25) is 0 Å². The number of aromatic nitrogens is 2. The molecule has 1 aromatic carbocycles. The first kappa shape index (κ1) is 20.0. The molecule has 2 N–H and O–H groups in total. The van der Waals surface area contributed by atoms with Crippen molar-refractivity contribution in [2.75, 3.05) is 5.32 Å². The van der Waals surface area contributed by atoms with Crippen LogP contribution in [0, 0.1) is 0 Å². The molecule has 142 valence electrons. The van der Waals surface area contributed by atoms with Crippen LogP contribution >= 0.6 is 0 Å². The topological polar surface area (TPSA) is 58.0 Å². The second-order valence-corrected chi connectivity index (χ2v) is 5.49. The van der Waals surface area contributed by atoms with Crippen LogP contribution in [0.3, 0.4) is 0 Å². The van der Waals surface area contributed by atoms with E-state index < -0.39 is 35.8 Å². The van der Waals surface area contributed by atoms with Gasteiger partial charge in [0.05, 0.1) is 17.7 Å². The number of nitrogens with zero attached hydrogens (tertiary/aromatic N) is 2. The maximum absolute atomic E-state index is 12.7. The third kappa shape index (κ3) is 4.84. The van der Waals surface area contributed by atoms with E-state index in [1.165, 1.54) is 0 Å². The molecule has 0 saturated carbocycles. The molecule has 0 amide bonds. The lowest BCUT2D eigenvalue weighted by atomic mass is 9.99. The van der Waals surface area contributed by atoms with Crippen molar-refractivity contribution < 1.29 is 31.4 Å². The standard InChI is InChI=1S/C16H15F6N3O/c1-2-11(24-14-23-8-7-12(25-14)16(20,21)22)13(26)9-3-5-10(6-4-9)15(17,18)19/h3-8,11,13,26H,2H2,1H3,(H,23,24,25). The number of aliphatic hydroxyl groups excluding tert-OH is 1. The highest BCUT2D eigenvalue weighted by atomic mass is 19.4. The summed E-state index contributed by atoms with van der Waals surface area (Å²) in [4.78, 5) is 7.03. The number of benzene rings is 1. The molecule has 4 nitrogen and oxygen atoms in total. The zero-order chi connectivity index (χ0) is 19.5. The van der Waals surface area contributed by atoms with Crippen LogP contribution in [0.4, 0.5) is 32.3 Å². The van der Waals surface area contributed by atoms with Crippen molar-refractivity contribution >= 4 is 5.95 Å². The molecular weight excluding hydrogens is 364 g/mol. The number of halogens is 6. The molecule has 0 fully saturated rings. The molecule has 0 saturated heterocycles. The van der Waals surface area contributed by atoms with Crippen LogP contribution in [0.15, 0.2) is 36.5 Å². The first-order valence-corrected chi connectivity index (χ1v) is 7.54. The van der Waals surface area contributed by atoms with Crippen LogP contribution < -0.4 is 5.32 Å². The molecule has 1 heterocycles. The molecule has 0 radical (unpaired) electrons. The highest BCUT2D eigenvalue weighted by Gasteiger charge is 2.33. The van der Waals surface area contributed by atoms with E-state index in [1.807, 2.05) is 0 Å². The fourth-order valence-electron chi connectivity index (χ4n) is 2.26. The lowest BCUT2D eigenvalue weighted by Gasteiger charge is -2.23. The summed E-state index contributed by atoms with van der Waals surface area (Å²) in [5.74, 6) is -0.336. The maximum atomic E-state index is 12.7. The molecule has 0 aliphatic rings. The van der Waals surface area contributed by atoms with E-state index in [4.69, 9.17) is 0 Å². The molecule has 26 heavy (non-hydrogen) atoms. The Balaban J connectivity index is 2.18. The average molecular weight is 379 g/mol. The van der Waals surface area contributed by atoms with Gasteiger partial charge in [0.1, 0.15) is 5.69 Å². The van der Waals surface area contributed by atoms with Gasteiger partial charge >= 0.3 is 12.4 Å². The molecule has 2 unspecified atom stereocenters. The van der Waals surface area contributed by atoms with Gasteiger partial charge in [-0.2, -0.15) is 26.3 Å². The third-order valence-corrected chi connectivity index (χ3v) is 3.66. The van der Waals surface area contributed by atoms with E-state index in [9.17, 15) is 31.4 Å². The maximum Gasteiger partial charge on any atom is 0.433 e. The predicted octanol–water partition coefficient (Wildman–Crippen LogP) is 4.44. The van der Waals surface area contributed by atoms with Crippen LogP contribution in [0.25, 0.3) is 0 Å². The van der Waals surface area contributed by atoms with Crippen LogP contribution in [-0.2, 0) is 12.4 Å². The Morgan fingerprint density at radius 2 is 1.62 bits per heavy atom. The summed E-state index contributed by atoms with van der Waals surface area (Å²) < 4.78 is 75.8. The Bertz CT molecular complexity index is 730. The van der Waals surface area contributed by atoms with Crippen molar-refractivity contribution in [3.8, 4) is 0 Å². The Kier molecular flexibility index (Phi) is 5.74. The highest BCUT2D eigenvalue weighted by Crippen LogP contribution is 2.31. The van der Waals surface area contributed by atoms with E-state index in [0.29, 0.717) is 6.07 Å². The van der Waals surface area contributed by atoms with Crippen molar-refractivity contribution in [2.24, 2.45) is 0 Å². The minimum absolute atomic E-state index is 0.185. The van der Waals surface area contributed by atoms with E-state index in [0.717, 1.165) is 30.5 Å². The Hall–Kier alpha value is -2.36. The molecule has 0 bridgehead atoms. The first-order chi connectivity index (χ1) is 12.0. The number of alkyl halides is 6. The van der Waals surface area contributed by atoms with E-state index >= 15 is 0 Å². The van der Waals surface area contributed by atoms with E-state index in [2.05, 4.69) is 15.3 Å². The molecule has 0 spiro atoms. The summed E-state index contributed by atoms with van der Waals surface area (Å²) in [6, 6.07) is 3.79. The quantitative estimate of drug-likeness (QED) is 0.755. The SMILES string of the molecule is CCC(Nc1nccc(C(F)(F)F)n1)C(O)c1ccc(C(F)(F)F)cc1.